The van der Waals surface area contributed by atoms with Gasteiger partial charge in [-0.1, -0.05) is 25.5 Å². The summed E-state index contributed by atoms with van der Waals surface area (Å²) in [5, 5.41) is 17.5. The average Bonchev–Trinajstić information content (AvgIpc) is 2.41. The molecule has 0 aromatic heterocycles. The van der Waals surface area contributed by atoms with Gasteiger partial charge in [0.1, 0.15) is 6.54 Å². The molecule has 0 bridgehead atoms. The lowest BCUT2D eigenvalue weighted by Gasteiger charge is -2.21. The van der Waals surface area contributed by atoms with Crippen molar-refractivity contribution in [3.63, 3.8) is 0 Å². The third-order valence-corrected chi connectivity index (χ3v) is 2.98. The number of aryl methyl sites for hydroxylation is 1. The number of benzene rings is 1. The number of nitriles is 1. The van der Waals surface area contributed by atoms with E-state index in [0.717, 1.165) is 12.1 Å². The molecule has 102 valence electrons. The van der Waals surface area contributed by atoms with Crippen LogP contribution in [0.2, 0.25) is 0 Å². The van der Waals surface area contributed by atoms with E-state index in [0.29, 0.717) is 6.54 Å². The molecule has 0 saturated heterocycles. The van der Waals surface area contributed by atoms with E-state index in [1.54, 1.807) is 4.90 Å². The number of unbranched alkanes of at least 4 members (excludes halogenated alkanes) is 1. The summed E-state index contributed by atoms with van der Waals surface area (Å²) in [5.41, 5.74) is 2.18. The van der Waals surface area contributed by atoms with Gasteiger partial charge < -0.3 is 10.0 Å². The Balaban J connectivity index is 2.68. The van der Waals surface area contributed by atoms with Crippen molar-refractivity contribution in [2.75, 3.05) is 18.0 Å². The van der Waals surface area contributed by atoms with Crippen molar-refractivity contribution in [1.29, 1.82) is 5.26 Å². The molecule has 1 N–H and O–H groups in total. The largest absolute Gasteiger partial charge is 0.481 e. The van der Waals surface area contributed by atoms with E-state index in [-0.39, 0.29) is 13.0 Å². The monoisotopic (exact) mass is 260 g/mol. The minimum atomic E-state index is -0.845. The first-order valence-corrected chi connectivity index (χ1v) is 6.60. The van der Waals surface area contributed by atoms with Crippen LogP contribution in [0.25, 0.3) is 0 Å². The number of carboxylic acid groups (broad SMARTS) is 1. The number of nitrogens with zero attached hydrogens (tertiary/aromatic N) is 2. The van der Waals surface area contributed by atoms with Crippen LogP contribution in [0.1, 0.15) is 31.7 Å². The SMILES string of the molecule is CCCCc1ccc(N(CC#N)CCC(=O)O)cc1. The molecule has 0 spiro atoms. The Morgan fingerprint density at radius 2 is 2.05 bits per heavy atom. The first-order valence-electron chi connectivity index (χ1n) is 6.60. The van der Waals surface area contributed by atoms with Gasteiger partial charge in [-0.25, -0.2) is 0 Å². The highest BCUT2D eigenvalue weighted by atomic mass is 16.4. The van der Waals surface area contributed by atoms with Crippen LogP contribution < -0.4 is 4.90 Å². The van der Waals surface area contributed by atoms with Crippen LogP contribution in [-0.2, 0) is 11.2 Å². The molecule has 0 amide bonds. The number of aliphatic carboxylic acids is 1. The van der Waals surface area contributed by atoms with E-state index in [1.165, 1.54) is 18.4 Å². The van der Waals surface area contributed by atoms with Gasteiger partial charge in [0.15, 0.2) is 0 Å². The summed E-state index contributed by atoms with van der Waals surface area (Å²) in [5.74, 6) is -0.845. The fourth-order valence-corrected chi connectivity index (χ4v) is 1.87. The fraction of sp³-hybridized carbons (Fsp3) is 0.467. The highest BCUT2D eigenvalue weighted by Gasteiger charge is 2.08. The second-order valence-corrected chi connectivity index (χ2v) is 4.49. The summed E-state index contributed by atoms with van der Waals surface area (Å²) >= 11 is 0. The molecule has 0 unspecified atom stereocenters. The molecule has 0 fully saturated rings. The highest BCUT2D eigenvalue weighted by molar-refractivity contribution is 5.67. The molecule has 0 heterocycles. The van der Waals surface area contributed by atoms with Crippen LogP contribution in [0.4, 0.5) is 5.69 Å². The van der Waals surface area contributed by atoms with Gasteiger partial charge in [0, 0.05) is 12.2 Å². The molecule has 1 aromatic rings. The molecule has 4 heteroatoms. The number of carbonyl (C=O) groups is 1. The predicted molar refractivity (Wildman–Crippen MR) is 75.1 cm³/mol. The van der Waals surface area contributed by atoms with Crippen molar-refractivity contribution >= 4 is 11.7 Å². The van der Waals surface area contributed by atoms with Crippen LogP contribution in [-0.4, -0.2) is 24.2 Å². The molecule has 0 aliphatic carbocycles. The Labute approximate surface area is 114 Å². The maximum Gasteiger partial charge on any atom is 0.305 e. The summed E-state index contributed by atoms with van der Waals surface area (Å²) in [4.78, 5) is 12.4. The highest BCUT2D eigenvalue weighted by Crippen LogP contribution is 2.16. The third-order valence-electron chi connectivity index (χ3n) is 2.98. The maximum atomic E-state index is 10.6. The van der Waals surface area contributed by atoms with Gasteiger partial charge in [-0.05, 0) is 30.5 Å². The van der Waals surface area contributed by atoms with Crippen molar-refractivity contribution in [3.8, 4) is 6.07 Å². The van der Waals surface area contributed by atoms with Crippen LogP contribution in [0.15, 0.2) is 24.3 Å². The lowest BCUT2D eigenvalue weighted by Crippen LogP contribution is -2.26. The molecular weight excluding hydrogens is 240 g/mol. The molecule has 0 aliphatic rings. The number of carboxylic acids is 1. The van der Waals surface area contributed by atoms with E-state index in [4.69, 9.17) is 10.4 Å². The zero-order chi connectivity index (χ0) is 14.1. The van der Waals surface area contributed by atoms with Crippen LogP contribution >= 0.6 is 0 Å². The summed E-state index contributed by atoms with van der Waals surface area (Å²) in [6, 6.07) is 10.1. The van der Waals surface area contributed by atoms with E-state index < -0.39 is 5.97 Å². The molecular formula is C15H20N2O2. The zero-order valence-electron chi connectivity index (χ0n) is 11.3. The molecule has 0 atom stereocenters. The number of anilines is 1. The van der Waals surface area contributed by atoms with Crippen molar-refractivity contribution in [2.45, 2.75) is 32.6 Å². The van der Waals surface area contributed by atoms with Crippen LogP contribution in [0.5, 0.6) is 0 Å². The van der Waals surface area contributed by atoms with Crippen LogP contribution in [0.3, 0.4) is 0 Å². The second kappa shape index (κ2) is 8.15. The number of rotatable bonds is 8. The molecule has 4 nitrogen and oxygen atoms in total. The first-order chi connectivity index (χ1) is 9.17. The van der Waals surface area contributed by atoms with Gasteiger partial charge in [-0.15, -0.1) is 0 Å². The maximum absolute atomic E-state index is 10.6. The molecule has 0 saturated carbocycles. The average molecular weight is 260 g/mol. The minimum Gasteiger partial charge on any atom is -0.481 e. The first kappa shape index (κ1) is 15.0. The molecule has 0 aliphatic heterocycles. The van der Waals surface area contributed by atoms with Gasteiger partial charge in [-0.3, -0.25) is 4.79 Å². The smallest absolute Gasteiger partial charge is 0.305 e. The van der Waals surface area contributed by atoms with Gasteiger partial charge >= 0.3 is 5.97 Å². The lowest BCUT2D eigenvalue weighted by molar-refractivity contribution is -0.136. The number of hydrogen-bond donors (Lipinski definition) is 1. The summed E-state index contributed by atoms with van der Waals surface area (Å²) in [7, 11) is 0. The topological polar surface area (TPSA) is 64.3 Å². The van der Waals surface area contributed by atoms with E-state index in [2.05, 4.69) is 25.1 Å². The van der Waals surface area contributed by atoms with Crippen molar-refractivity contribution in [1.82, 2.24) is 0 Å². The zero-order valence-corrected chi connectivity index (χ0v) is 11.3. The summed E-state index contributed by atoms with van der Waals surface area (Å²) in [6.45, 7) is 2.73. The normalized spacial score (nSPS) is 9.89. The molecule has 0 radical (unpaired) electrons. The lowest BCUT2D eigenvalue weighted by atomic mass is 10.1. The molecule has 1 rings (SSSR count). The quantitative estimate of drug-likeness (QED) is 0.730. The Bertz CT molecular complexity index is 434. The fourth-order valence-electron chi connectivity index (χ4n) is 1.87. The van der Waals surface area contributed by atoms with E-state index in [9.17, 15) is 4.79 Å². The van der Waals surface area contributed by atoms with Crippen molar-refractivity contribution in [3.05, 3.63) is 29.8 Å². The number of hydrogen-bond acceptors (Lipinski definition) is 3. The summed E-state index contributed by atoms with van der Waals surface area (Å²) in [6.07, 6.45) is 3.44. The Kier molecular flexibility index (Phi) is 6.45. The van der Waals surface area contributed by atoms with E-state index >= 15 is 0 Å². The standard InChI is InChI=1S/C15H20N2O2/c1-2-3-4-13-5-7-14(8-6-13)17(12-10-16)11-9-15(18)19/h5-8H,2-4,9,11-12H2,1H3,(H,18,19). The predicted octanol–water partition coefficient (Wildman–Crippen LogP) is 2.83. The van der Waals surface area contributed by atoms with Gasteiger partial charge in [0.2, 0.25) is 0 Å². The van der Waals surface area contributed by atoms with Crippen LogP contribution in [0, 0.1) is 11.3 Å². The van der Waals surface area contributed by atoms with Crippen molar-refractivity contribution in [2.24, 2.45) is 0 Å². The van der Waals surface area contributed by atoms with E-state index in [1.807, 2.05) is 12.1 Å². The Morgan fingerprint density at radius 1 is 1.37 bits per heavy atom. The molecule has 19 heavy (non-hydrogen) atoms. The second-order valence-electron chi connectivity index (χ2n) is 4.49. The van der Waals surface area contributed by atoms with Gasteiger partial charge in [0.25, 0.3) is 0 Å². The minimum absolute atomic E-state index is 0.0409. The summed E-state index contributed by atoms with van der Waals surface area (Å²) < 4.78 is 0. The van der Waals surface area contributed by atoms with Gasteiger partial charge in [0.05, 0.1) is 12.5 Å². The Hall–Kier alpha value is -2.02. The molecule has 1 aromatic carbocycles. The Morgan fingerprint density at radius 3 is 2.58 bits per heavy atom. The van der Waals surface area contributed by atoms with Gasteiger partial charge in [-0.2, -0.15) is 5.26 Å². The van der Waals surface area contributed by atoms with Crippen molar-refractivity contribution < 1.29 is 9.90 Å². The third kappa shape index (κ3) is 5.43.